The highest BCUT2D eigenvalue weighted by Gasteiger charge is 2.57. The quantitative estimate of drug-likeness (QED) is 0.826. The molecule has 0 saturated heterocycles. The maximum atomic E-state index is 14.4. The number of rotatable bonds is 4. The van der Waals surface area contributed by atoms with Crippen molar-refractivity contribution in [3.8, 4) is 5.75 Å². The van der Waals surface area contributed by atoms with Crippen LogP contribution in [0.1, 0.15) is 37.6 Å². The normalized spacial score (nSPS) is 24.5. The van der Waals surface area contributed by atoms with E-state index in [1.165, 1.54) is 11.0 Å². The summed E-state index contributed by atoms with van der Waals surface area (Å²) < 4.78 is 50.6. The molecule has 1 aliphatic carbocycles. The predicted molar refractivity (Wildman–Crippen MR) is 80.9 cm³/mol. The van der Waals surface area contributed by atoms with Crippen LogP contribution in [0.15, 0.2) is 18.2 Å². The molecule has 0 spiro atoms. The summed E-state index contributed by atoms with van der Waals surface area (Å²) in [4.78, 5) is 13.2. The molecule has 132 valence electrons. The van der Waals surface area contributed by atoms with Gasteiger partial charge >= 0.3 is 6.09 Å². The first-order valence-corrected chi connectivity index (χ1v) is 7.99. The van der Waals surface area contributed by atoms with E-state index < -0.39 is 24.1 Å². The third-order valence-corrected chi connectivity index (χ3v) is 4.20. The highest BCUT2D eigenvalue weighted by Crippen LogP contribution is 2.48. The van der Waals surface area contributed by atoms with Crippen LogP contribution in [-0.2, 0) is 11.3 Å². The second-order valence-corrected chi connectivity index (χ2v) is 6.61. The average Bonchev–Trinajstić information content (AvgIpc) is 3.11. The third-order valence-electron chi connectivity index (χ3n) is 4.20. The van der Waals surface area contributed by atoms with E-state index in [0.29, 0.717) is 16.9 Å². The van der Waals surface area contributed by atoms with Crippen LogP contribution in [-0.4, -0.2) is 36.2 Å². The second-order valence-electron chi connectivity index (χ2n) is 6.61. The molecule has 2 atom stereocenters. The first-order valence-electron chi connectivity index (χ1n) is 7.99. The largest absolute Gasteiger partial charge is 0.493 e. The van der Waals surface area contributed by atoms with Crippen molar-refractivity contribution in [1.29, 1.82) is 0 Å². The van der Waals surface area contributed by atoms with Gasteiger partial charge in [0.2, 0.25) is 0 Å². The summed E-state index contributed by atoms with van der Waals surface area (Å²) >= 11 is 0. The van der Waals surface area contributed by atoms with E-state index in [4.69, 9.17) is 9.47 Å². The van der Waals surface area contributed by atoms with Gasteiger partial charge in [0.15, 0.2) is 0 Å². The summed E-state index contributed by atoms with van der Waals surface area (Å²) in [6, 6.07) is 4.81. The summed E-state index contributed by atoms with van der Waals surface area (Å²) in [6.45, 7) is 3.55. The van der Waals surface area contributed by atoms with E-state index in [2.05, 4.69) is 0 Å². The molecule has 7 heteroatoms. The summed E-state index contributed by atoms with van der Waals surface area (Å²) in [6.07, 6.45) is -2.33. The van der Waals surface area contributed by atoms with Crippen molar-refractivity contribution in [2.24, 2.45) is 5.92 Å². The molecule has 3 rings (SSSR count). The van der Waals surface area contributed by atoms with Crippen LogP contribution in [0, 0.1) is 5.92 Å². The molecular formula is C17H20F3NO3. The molecule has 0 radical (unpaired) electrons. The predicted octanol–water partition coefficient (Wildman–Crippen LogP) is 4.09. The highest BCUT2D eigenvalue weighted by atomic mass is 19.3. The van der Waals surface area contributed by atoms with Gasteiger partial charge in [-0.3, -0.25) is 0 Å². The lowest BCUT2D eigenvalue weighted by molar-refractivity contribution is 0.0614. The van der Waals surface area contributed by atoms with Crippen LogP contribution in [0.2, 0.25) is 0 Å². The Morgan fingerprint density at radius 1 is 1.42 bits per heavy atom. The number of fused-ring (bicyclic) bond motifs is 1. The first-order chi connectivity index (χ1) is 11.3. The number of halogens is 3. The van der Waals surface area contributed by atoms with Crippen molar-refractivity contribution in [1.82, 2.24) is 4.90 Å². The second kappa shape index (κ2) is 6.18. The van der Waals surface area contributed by atoms with Gasteiger partial charge in [0.1, 0.15) is 11.9 Å². The molecule has 4 nitrogen and oxygen atoms in total. The Kier molecular flexibility index (Phi) is 4.36. The third kappa shape index (κ3) is 3.60. The molecule has 0 N–H and O–H groups in total. The van der Waals surface area contributed by atoms with Crippen molar-refractivity contribution in [2.45, 2.75) is 45.0 Å². The zero-order valence-corrected chi connectivity index (χ0v) is 13.6. The van der Waals surface area contributed by atoms with Crippen LogP contribution in [0.4, 0.5) is 18.0 Å². The number of benzene rings is 1. The molecule has 1 aromatic carbocycles. The number of nitrogens with zero attached hydrogens (tertiary/aromatic N) is 1. The van der Waals surface area contributed by atoms with Gasteiger partial charge in [-0.2, -0.15) is 0 Å². The van der Waals surface area contributed by atoms with Crippen LogP contribution in [0.5, 0.6) is 5.75 Å². The Balaban J connectivity index is 1.65. The lowest BCUT2D eigenvalue weighted by atomic mass is 9.98. The zero-order valence-electron chi connectivity index (χ0n) is 13.6. The fourth-order valence-electron chi connectivity index (χ4n) is 2.72. The van der Waals surface area contributed by atoms with Gasteiger partial charge in [-0.25, -0.2) is 18.0 Å². The van der Waals surface area contributed by atoms with Crippen LogP contribution in [0.25, 0.3) is 0 Å². The number of carbonyl (C=O) groups excluding carboxylic acids is 1. The van der Waals surface area contributed by atoms with Gasteiger partial charge in [0.05, 0.1) is 25.2 Å². The van der Waals surface area contributed by atoms with E-state index in [9.17, 15) is 18.0 Å². The smallest absolute Gasteiger partial charge is 0.410 e. The van der Waals surface area contributed by atoms with Gasteiger partial charge in [-0.05, 0) is 37.1 Å². The Hall–Kier alpha value is -1.92. The number of hydrogen-bond donors (Lipinski definition) is 0. The minimum atomic E-state index is -2.63. The minimum absolute atomic E-state index is 0.0738. The maximum Gasteiger partial charge on any atom is 0.410 e. The van der Waals surface area contributed by atoms with E-state index in [1.54, 1.807) is 26.0 Å². The standard InChI is InChI=1S/C17H20F3NO3/c1-10(2)24-16(22)21-7-11-3-4-13(5-14(11)15(18)8-21)23-9-12-6-17(12,19)20/h3-5,10,12,15H,6-9H2,1-2H3. The molecule has 1 amide bonds. The Morgan fingerprint density at radius 3 is 2.75 bits per heavy atom. The van der Waals surface area contributed by atoms with Gasteiger partial charge in [0.25, 0.3) is 5.92 Å². The van der Waals surface area contributed by atoms with Gasteiger partial charge in [-0.15, -0.1) is 0 Å². The van der Waals surface area contributed by atoms with E-state index in [1.807, 2.05) is 0 Å². The fourth-order valence-corrected chi connectivity index (χ4v) is 2.72. The number of amides is 1. The molecule has 2 unspecified atom stereocenters. The maximum absolute atomic E-state index is 14.4. The number of alkyl halides is 3. The molecule has 1 heterocycles. The van der Waals surface area contributed by atoms with Crippen LogP contribution < -0.4 is 4.74 Å². The van der Waals surface area contributed by atoms with Gasteiger partial charge < -0.3 is 14.4 Å². The van der Waals surface area contributed by atoms with Crippen molar-refractivity contribution in [2.75, 3.05) is 13.2 Å². The summed E-state index contributed by atoms with van der Waals surface area (Å²) in [5.74, 6) is -3.01. The number of ether oxygens (including phenoxy) is 2. The van der Waals surface area contributed by atoms with E-state index >= 15 is 0 Å². The number of carbonyl (C=O) groups is 1. The Bertz CT molecular complexity index is 636. The molecule has 0 aromatic heterocycles. The van der Waals surface area contributed by atoms with E-state index in [0.717, 1.165) is 0 Å². The molecule has 24 heavy (non-hydrogen) atoms. The summed E-state index contributed by atoms with van der Waals surface area (Å²) in [7, 11) is 0. The minimum Gasteiger partial charge on any atom is -0.493 e. The molecular weight excluding hydrogens is 323 g/mol. The molecule has 1 aliphatic heterocycles. The number of hydrogen-bond acceptors (Lipinski definition) is 3. The van der Waals surface area contributed by atoms with Gasteiger partial charge in [-0.1, -0.05) is 6.07 Å². The lowest BCUT2D eigenvalue weighted by Crippen LogP contribution is -2.38. The SMILES string of the molecule is CC(C)OC(=O)N1Cc2ccc(OCC3CC3(F)F)cc2C(F)C1. The van der Waals surface area contributed by atoms with Crippen LogP contribution >= 0.6 is 0 Å². The first kappa shape index (κ1) is 16.9. The fraction of sp³-hybridized carbons (Fsp3) is 0.588. The van der Waals surface area contributed by atoms with Crippen molar-refractivity contribution >= 4 is 6.09 Å². The van der Waals surface area contributed by atoms with Crippen molar-refractivity contribution < 1.29 is 27.4 Å². The lowest BCUT2D eigenvalue weighted by Gasteiger charge is -2.31. The average molecular weight is 343 g/mol. The summed E-state index contributed by atoms with van der Waals surface area (Å²) in [5.41, 5.74) is 1.10. The molecule has 1 aromatic rings. The molecule has 1 fully saturated rings. The zero-order chi connectivity index (χ0) is 17.5. The van der Waals surface area contributed by atoms with Crippen molar-refractivity contribution in [3.63, 3.8) is 0 Å². The Labute approximate surface area is 138 Å². The molecule has 1 saturated carbocycles. The van der Waals surface area contributed by atoms with Gasteiger partial charge in [0, 0.05) is 13.0 Å². The van der Waals surface area contributed by atoms with Crippen LogP contribution in [0.3, 0.4) is 0 Å². The van der Waals surface area contributed by atoms with E-state index in [-0.39, 0.29) is 32.2 Å². The topological polar surface area (TPSA) is 38.8 Å². The molecule has 2 aliphatic rings. The Morgan fingerprint density at radius 2 is 2.12 bits per heavy atom. The van der Waals surface area contributed by atoms with Crippen molar-refractivity contribution in [3.05, 3.63) is 29.3 Å². The molecule has 0 bridgehead atoms. The summed E-state index contributed by atoms with van der Waals surface area (Å²) in [5, 5.41) is 0. The highest BCUT2D eigenvalue weighted by molar-refractivity contribution is 5.68. The monoisotopic (exact) mass is 343 g/mol.